The average molecular weight is 223 g/mol. The fourth-order valence-electron chi connectivity index (χ4n) is 4.71. The van der Waals surface area contributed by atoms with Gasteiger partial charge in [-0.15, -0.1) is 0 Å². The van der Waals surface area contributed by atoms with E-state index in [1.165, 1.54) is 19.3 Å². The summed E-state index contributed by atoms with van der Waals surface area (Å²) < 4.78 is 4.94. The Labute approximate surface area is 96.9 Å². The van der Waals surface area contributed by atoms with Crippen molar-refractivity contribution in [1.82, 2.24) is 5.32 Å². The molecule has 0 aromatic rings. The SMILES string of the molecule is COCNC(=O)C12CC3CC(CC(C3)C1)C2. The van der Waals surface area contributed by atoms with Crippen molar-refractivity contribution in [3.63, 3.8) is 0 Å². The molecule has 4 rings (SSSR count). The van der Waals surface area contributed by atoms with Gasteiger partial charge in [-0.05, 0) is 56.3 Å². The molecule has 0 aliphatic heterocycles. The van der Waals surface area contributed by atoms with Crippen molar-refractivity contribution in [3.05, 3.63) is 0 Å². The Morgan fingerprint density at radius 3 is 2.12 bits per heavy atom. The second kappa shape index (κ2) is 3.73. The van der Waals surface area contributed by atoms with Gasteiger partial charge in [0.05, 0.1) is 5.41 Å². The van der Waals surface area contributed by atoms with Crippen molar-refractivity contribution < 1.29 is 9.53 Å². The first-order chi connectivity index (χ1) is 7.72. The van der Waals surface area contributed by atoms with Crippen LogP contribution < -0.4 is 5.32 Å². The number of carbonyl (C=O) groups is 1. The summed E-state index contributed by atoms with van der Waals surface area (Å²) >= 11 is 0. The third kappa shape index (κ3) is 1.56. The van der Waals surface area contributed by atoms with Crippen molar-refractivity contribution in [2.75, 3.05) is 13.8 Å². The van der Waals surface area contributed by atoms with Crippen LogP contribution in [-0.4, -0.2) is 19.7 Å². The van der Waals surface area contributed by atoms with Gasteiger partial charge in [0.15, 0.2) is 0 Å². The van der Waals surface area contributed by atoms with Crippen LogP contribution in [-0.2, 0) is 9.53 Å². The molecule has 1 amide bonds. The van der Waals surface area contributed by atoms with Crippen LogP contribution in [0.4, 0.5) is 0 Å². The highest BCUT2D eigenvalue weighted by Gasteiger charge is 2.54. The quantitative estimate of drug-likeness (QED) is 0.742. The molecule has 0 atom stereocenters. The summed E-state index contributed by atoms with van der Waals surface area (Å²) in [5.74, 6) is 2.76. The highest BCUT2D eigenvalue weighted by Crippen LogP contribution is 2.60. The van der Waals surface area contributed by atoms with E-state index in [4.69, 9.17) is 4.74 Å². The number of rotatable bonds is 3. The van der Waals surface area contributed by atoms with Gasteiger partial charge < -0.3 is 10.1 Å². The number of hydrogen-bond donors (Lipinski definition) is 1. The van der Waals surface area contributed by atoms with E-state index in [0.29, 0.717) is 6.73 Å². The maximum absolute atomic E-state index is 12.3. The molecule has 0 aromatic heterocycles. The molecule has 4 aliphatic carbocycles. The summed E-state index contributed by atoms with van der Waals surface area (Å²) in [6.45, 7) is 0.362. The first kappa shape index (κ1) is 10.6. The third-order valence-electron chi connectivity index (χ3n) is 4.90. The van der Waals surface area contributed by atoms with Gasteiger partial charge in [0, 0.05) is 7.11 Å². The molecule has 0 saturated heterocycles. The molecule has 0 aromatic carbocycles. The Morgan fingerprint density at radius 1 is 1.19 bits per heavy atom. The summed E-state index contributed by atoms with van der Waals surface area (Å²) in [6.07, 6.45) is 7.56. The molecular weight excluding hydrogens is 202 g/mol. The minimum Gasteiger partial charge on any atom is -0.364 e. The van der Waals surface area contributed by atoms with Crippen LogP contribution in [0.2, 0.25) is 0 Å². The summed E-state index contributed by atoms with van der Waals surface area (Å²) in [5.41, 5.74) is -0.0206. The number of ether oxygens (including phenoxy) is 1. The zero-order valence-electron chi connectivity index (χ0n) is 10.00. The Kier molecular flexibility index (Phi) is 2.46. The standard InChI is InChI=1S/C13H21NO2/c1-16-8-14-12(15)13-5-9-2-10(6-13)4-11(3-9)7-13/h9-11H,2-8H2,1H3,(H,14,15). The number of nitrogens with one attached hydrogen (secondary N) is 1. The highest BCUT2D eigenvalue weighted by molar-refractivity contribution is 5.83. The summed E-state index contributed by atoms with van der Waals surface area (Å²) in [4.78, 5) is 12.3. The highest BCUT2D eigenvalue weighted by atomic mass is 16.5. The van der Waals surface area contributed by atoms with E-state index < -0.39 is 0 Å². The van der Waals surface area contributed by atoms with Crippen molar-refractivity contribution in [2.24, 2.45) is 23.2 Å². The monoisotopic (exact) mass is 223 g/mol. The smallest absolute Gasteiger partial charge is 0.228 e. The lowest BCUT2D eigenvalue weighted by molar-refractivity contribution is -0.147. The molecule has 1 N–H and O–H groups in total. The van der Waals surface area contributed by atoms with Crippen LogP contribution in [0.25, 0.3) is 0 Å². The van der Waals surface area contributed by atoms with Gasteiger partial charge in [0.1, 0.15) is 6.73 Å². The molecule has 4 fully saturated rings. The molecule has 4 aliphatic rings. The number of hydrogen-bond acceptors (Lipinski definition) is 2. The molecule has 90 valence electrons. The van der Waals surface area contributed by atoms with Crippen molar-refractivity contribution in [2.45, 2.75) is 38.5 Å². The molecular formula is C13H21NO2. The first-order valence-corrected chi connectivity index (χ1v) is 6.49. The van der Waals surface area contributed by atoms with E-state index in [9.17, 15) is 4.79 Å². The summed E-state index contributed by atoms with van der Waals surface area (Å²) in [5, 5.41) is 2.93. The second-order valence-corrected chi connectivity index (χ2v) is 6.14. The van der Waals surface area contributed by atoms with E-state index >= 15 is 0 Å². The van der Waals surface area contributed by atoms with Gasteiger partial charge in [-0.3, -0.25) is 4.79 Å². The Hall–Kier alpha value is -0.570. The van der Waals surface area contributed by atoms with E-state index in [0.717, 1.165) is 37.0 Å². The number of methoxy groups -OCH3 is 1. The van der Waals surface area contributed by atoms with Gasteiger partial charge in [-0.1, -0.05) is 0 Å². The summed E-state index contributed by atoms with van der Waals surface area (Å²) in [7, 11) is 1.62. The first-order valence-electron chi connectivity index (χ1n) is 6.49. The number of amides is 1. The van der Waals surface area contributed by atoms with Gasteiger partial charge in [0.25, 0.3) is 0 Å². The molecule has 0 radical (unpaired) electrons. The largest absolute Gasteiger partial charge is 0.364 e. The van der Waals surface area contributed by atoms with Crippen LogP contribution in [0.3, 0.4) is 0 Å². The topological polar surface area (TPSA) is 38.3 Å². The molecule has 3 nitrogen and oxygen atoms in total. The van der Waals surface area contributed by atoms with Gasteiger partial charge in [-0.25, -0.2) is 0 Å². The van der Waals surface area contributed by atoms with E-state index in [1.807, 2.05) is 0 Å². The Balaban J connectivity index is 1.75. The van der Waals surface area contributed by atoms with E-state index in [-0.39, 0.29) is 11.3 Å². The Bertz CT molecular complexity index is 265. The number of carbonyl (C=O) groups excluding carboxylic acids is 1. The lowest BCUT2D eigenvalue weighted by Crippen LogP contribution is -2.53. The van der Waals surface area contributed by atoms with Crippen LogP contribution in [0.15, 0.2) is 0 Å². The lowest BCUT2D eigenvalue weighted by Gasteiger charge is -2.55. The van der Waals surface area contributed by atoms with Gasteiger partial charge in [-0.2, -0.15) is 0 Å². The fraction of sp³-hybridized carbons (Fsp3) is 0.923. The second-order valence-electron chi connectivity index (χ2n) is 6.14. The Morgan fingerprint density at radius 2 is 1.69 bits per heavy atom. The molecule has 3 heteroatoms. The zero-order chi connectivity index (χ0) is 11.2. The maximum atomic E-state index is 12.3. The zero-order valence-corrected chi connectivity index (χ0v) is 10.00. The maximum Gasteiger partial charge on any atom is 0.228 e. The molecule has 4 saturated carbocycles. The van der Waals surface area contributed by atoms with Gasteiger partial charge in [0.2, 0.25) is 5.91 Å². The van der Waals surface area contributed by atoms with Crippen molar-refractivity contribution >= 4 is 5.91 Å². The van der Waals surface area contributed by atoms with Gasteiger partial charge >= 0.3 is 0 Å². The fourth-order valence-corrected chi connectivity index (χ4v) is 4.71. The van der Waals surface area contributed by atoms with Crippen molar-refractivity contribution in [1.29, 1.82) is 0 Å². The lowest BCUT2D eigenvalue weighted by atomic mass is 9.49. The molecule has 16 heavy (non-hydrogen) atoms. The molecule has 0 unspecified atom stereocenters. The summed E-state index contributed by atoms with van der Waals surface area (Å²) in [6, 6.07) is 0. The van der Waals surface area contributed by atoms with Crippen LogP contribution in [0.5, 0.6) is 0 Å². The predicted octanol–water partition coefficient (Wildman–Crippen LogP) is 1.92. The molecule has 0 heterocycles. The van der Waals surface area contributed by atoms with E-state index in [1.54, 1.807) is 7.11 Å². The van der Waals surface area contributed by atoms with Crippen LogP contribution in [0, 0.1) is 23.2 Å². The minimum atomic E-state index is -0.0206. The predicted molar refractivity (Wildman–Crippen MR) is 60.6 cm³/mol. The minimum absolute atomic E-state index is 0.0206. The normalized spacial score (nSPS) is 44.7. The van der Waals surface area contributed by atoms with E-state index in [2.05, 4.69) is 5.32 Å². The molecule has 4 bridgehead atoms. The molecule has 0 spiro atoms. The van der Waals surface area contributed by atoms with Crippen LogP contribution in [0.1, 0.15) is 38.5 Å². The third-order valence-corrected chi connectivity index (χ3v) is 4.90. The average Bonchev–Trinajstić information content (AvgIpc) is 2.24. The van der Waals surface area contributed by atoms with Crippen molar-refractivity contribution in [3.8, 4) is 0 Å². The van der Waals surface area contributed by atoms with Crippen LogP contribution >= 0.6 is 0 Å².